The Balaban J connectivity index is 2.45. The first-order chi connectivity index (χ1) is 9.90. The molecule has 10 heteroatoms. The van der Waals surface area contributed by atoms with Crippen molar-refractivity contribution in [2.24, 2.45) is 17.9 Å². The fourth-order valence-corrected chi connectivity index (χ4v) is 2.42. The molecule has 0 unspecified atom stereocenters. The molecular weight excluding hydrogens is 296 g/mol. The highest BCUT2D eigenvalue weighted by Gasteiger charge is 2.10. The zero-order valence-electron chi connectivity index (χ0n) is 11.2. The third-order valence-corrected chi connectivity index (χ3v) is 3.44. The van der Waals surface area contributed by atoms with Gasteiger partial charge in [-0.05, 0) is 30.8 Å². The molecule has 0 aromatic carbocycles. The predicted molar refractivity (Wildman–Crippen MR) is 75.7 cm³/mol. The molecule has 2 aromatic rings. The van der Waals surface area contributed by atoms with Crippen LogP contribution in [0.25, 0.3) is 0 Å². The lowest BCUT2D eigenvalue weighted by atomic mass is 10.2. The van der Waals surface area contributed by atoms with E-state index >= 15 is 0 Å². The summed E-state index contributed by atoms with van der Waals surface area (Å²) < 4.78 is 1.32. The van der Waals surface area contributed by atoms with Gasteiger partial charge in [0.2, 0.25) is 0 Å². The van der Waals surface area contributed by atoms with Gasteiger partial charge in [0.15, 0.2) is 11.0 Å². The maximum atomic E-state index is 11.3. The highest BCUT2D eigenvalue weighted by atomic mass is 32.2. The molecule has 0 saturated heterocycles. The lowest BCUT2D eigenvalue weighted by Gasteiger charge is -2.07. The number of nitrogens with zero attached hydrogens (tertiary/aromatic N) is 4. The molecule has 0 bridgehead atoms. The highest BCUT2D eigenvalue weighted by Crippen LogP contribution is 2.23. The number of aromatic amines is 1. The van der Waals surface area contributed by atoms with E-state index in [9.17, 15) is 9.59 Å². The number of oxime groups is 1. The van der Waals surface area contributed by atoms with E-state index in [1.54, 1.807) is 26.1 Å². The summed E-state index contributed by atoms with van der Waals surface area (Å²) in [5.74, 6) is -0.0503. The van der Waals surface area contributed by atoms with Gasteiger partial charge in [0.1, 0.15) is 5.03 Å². The van der Waals surface area contributed by atoms with Crippen molar-refractivity contribution in [1.82, 2.24) is 19.7 Å². The van der Waals surface area contributed by atoms with Crippen molar-refractivity contribution in [2.75, 3.05) is 0 Å². The van der Waals surface area contributed by atoms with Gasteiger partial charge in [0.05, 0.1) is 0 Å². The van der Waals surface area contributed by atoms with E-state index < -0.39 is 11.1 Å². The van der Waals surface area contributed by atoms with Crippen LogP contribution in [-0.4, -0.2) is 30.8 Å². The van der Waals surface area contributed by atoms with Crippen molar-refractivity contribution < 1.29 is 5.21 Å². The molecule has 0 saturated carbocycles. The smallest absolute Gasteiger partial charge is 0.339 e. The van der Waals surface area contributed by atoms with E-state index in [2.05, 4.69) is 20.2 Å². The minimum Gasteiger partial charge on any atom is -0.409 e. The molecule has 0 radical (unpaired) electrons. The molecule has 0 spiro atoms. The van der Waals surface area contributed by atoms with E-state index in [4.69, 9.17) is 10.9 Å². The van der Waals surface area contributed by atoms with E-state index in [-0.39, 0.29) is 11.0 Å². The summed E-state index contributed by atoms with van der Waals surface area (Å²) in [6.07, 6.45) is 0. The van der Waals surface area contributed by atoms with Crippen molar-refractivity contribution in [3.05, 3.63) is 44.1 Å². The third kappa shape index (κ3) is 3.28. The van der Waals surface area contributed by atoms with Crippen molar-refractivity contribution in [1.29, 1.82) is 0 Å². The second-order valence-electron chi connectivity index (χ2n) is 4.12. The molecule has 2 aromatic heterocycles. The Bertz CT molecular complexity index is 825. The van der Waals surface area contributed by atoms with Crippen LogP contribution in [0.15, 0.2) is 37.1 Å². The summed E-state index contributed by atoms with van der Waals surface area (Å²) in [7, 11) is 1.55. The van der Waals surface area contributed by atoms with Crippen LogP contribution < -0.4 is 16.9 Å². The first kappa shape index (κ1) is 14.8. The fraction of sp³-hybridized carbons (Fsp3) is 0.182. The number of nitrogens with two attached hydrogens (primary N) is 1. The monoisotopic (exact) mass is 308 g/mol. The zero-order chi connectivity index (χ0) is 15.6. The predicted octanol–water partition coefficient (Wildman–Crippen LogP) is -0.582. The first-order valence-electron chi connectivity index (χ1n) is 5.72. The summed E-state index contributed by atoms with van der Waals surface area (Å²) in [5, 5.41) is 14.7. The largest absolute Gasteiger partial charge is 0.409 e. The van der Waals surface area contributed by atoms with Crippen LogP contribution in [0.2, 0.25) is 0 Å². The summed E-state index contributed by atoms with van der Waals surface area (Å²) in [6.45, 7) is 1.75. The quantitative estimate of drug-likeness (QED) is 0.226. The number of aryl methyl sites for hydroxylation is 2. The second kappa shape index (κ2) is 5.79. The van der Waals surface area contributed by atoms with Gasteiger partial charge < -0.3 is 10.9 Å². The Morgan fingerprint density at radius 2 is 2.14 bits per heavy atom. The molecule has 0 atom stereocenters. The van der Waals surface area contributed by atoms with Crippen LogP contribution in [0.4, 0.5) is 0 Å². The van der Waals surface area contributed by atoms with Gasteiger partial charge in [-0.3, -0.25) is 19.4 Å². The first-order valence-corrected chi connectivity index (χ1v) is 6.54. The Hall–Kier alpha value is -2.62. The minimum absolute atomic E-state index is 0.0503. The van der Waals surface area contributed by atoms with Crippen LogP contribution in [0.3, 0.4) is 0 Å². The van der Waals surface area contributed by atoms with Gasteiger partial charge in [0, 0.05) is 18.3 Å². The summed E-state index contributed by atoms with van der Waals surface area (Å²) >= 11 is 1.07. The molecule has 2 rings (SSSR count). The molecule has 9 nitrogen and oxygen atoms in total. The van der Waals surface area contributed by atoms with Crippen LogP contribution in [0, 0.1) is 6.92 Å². The fourth-order valence-electron chi connectivity index (χ4n) is 1.54. The zero-order valence-corrected chi connectivity index (χ0v) is 12.0. The van der Waals surface area contributed by atoms with Crippen molar-refractivity contribution in [2.45, 2.75) is 17.1 Å². The second-order valence-corrected chi connectivity index (χ2v) is 5.11. The highest BCUT2D eigenvalue weighted by molar-refractivity contribution is 7.99. The Labute approximate surface area is 122 Å². The van der Waals surface area contributed by atoms with E-state index in [0.717, 1.165) is 11.8 Å². The van der Waals surface area contributed by atoms with E-state index in [0.29, 0.717) is 16.3 Å². The number of pyridine rings is 1. The van der Waals surface area contributed by atoms with Crippen LogP contribution in [0.5, 0.6) is 0 Å². The van der Waals surface area contributed by atoms with Gasteiger partial charge in [-0.25, -0.2) is 4.98 Å². The standard InChI is InChI=1S/C11H12N6O3S/c1-5-3-6(8(12)16-20)4-7(13-5)21-11-14-9(18)10(19)15-17(11)2/h3-4,20H,1-2H3,(H2,12,16)(H,15,19). The summed E-state index contributed by atoms with van der Waals surface area (Å²) in [5.41, 5.74) is 5.01. The Morgan fingerprint density at radius 3 is 2.81 bits per heavy atom. The summed E-state index contributed by atoms with van der Waals surface area (Å²) in [6, 6.07) is 3.24. The average Bonchev–Trinajstić information content (AvgIpc) is 2.43. The van der Waals surface area contributed by atoms with Crippen molar-refractivity contribution in [3.63, 3.8) is 0 Å². The van der Waals surface area contributed by atoms with Crippen LogP contribution in [-0.2, 0) is 7.05 Å². The number of hydrogen-bond acceptors (Lipinski definition) is 7. The van der Waals surface area contributed by atoms with Gasteiger partial charge >= 0.3 is 11.1 Å². The molecule has 0 aliphatic heterocycles. The summed E-state index contributed by atoms with van der Waals surface area (Å²) in [4.78, 5) is 30.4. The van der Waals surface area contributed by atoms with Crippen LogP contribution in [0.1, 0.15) is 11.3 Å². The molecule has 0 fully saturated rings. The topological polar surface area (TPSA) is 139 Å². The molecule has 0 amide bonds. The number of rotatable bonds is 3. The number of hydrogen-bond donors (Lipinski definition) is 3. The SMILES string of the molecule is Cc1cc(/C(N)=N/O)cc(Sc2nc(=O)c(=O)[nH]n2C)n1. The molecule has 0 aliphatic rings. The lowest BCUT2D eigenvalue weighted by molar-refractivity contribution is 0.318. The molecular formula is C11H12N6O3S. The van der Waals surface area contributed by atoms with Gasteiger partial charge in [-0.1, -0.05) is 5.16 Å². The number of H-pyrrole nitrogens is 1. The van der Waals surface area contributed by atoms with E-state index in [1.165, 1.54) is 4.68 Å². The van der Waals surface area contributed by atoms with Crippen molar-refractivity contribution >= 4 is 17.6 Å². The molecule has 21 heavy (non-hydrogen) atoms. The number of aromatic nitrogens is 4. The molecule has 2 heterocycles. The average molecular weight is 308 g/mol. The third-order valence-electron chi connectivity index (χ3n) is 2.48. The van der Waals surface area contributed by atoms with E-state index in [1.807, 2.05) is 0 Å². The Kier molecular flexibility index (Phi) is 4.08. The van der Waals surface area contributed by atoms with Gasteiger partial charge in [-0.15, -0.1) is 0 Å². The van der Waals surface area contributed by atoms with Crippen molar-refractivity contribution in [3.8, 4) is 0 Å². The molecule has 110 valence electrons. The molecule has 0 aliphatic carbocycles. The Morgan fingerprint density at radius 1 is 1.43 bits per heavy atom. The van der Waals surface area contributed by atoms with Gasteiger partial charge in [0.25, 0.3) is 0 Å². The maximum absolute atomic E-state index is 11.3. The number of amidine groups is 1. The normalized spacial score (nSPS) is 11.6. The van der Waals surface area contributed by atoms with Crippen LogP contribution >= 0.6 is 11.8 Å². The molecule has 4 N–H and O–H groups in total. The lowest BCUT2D eigenvalue weighted by Crippen LogP contribution is -2.33. The maximum Gasteiger partial charge on any atom is 0.339 e. The minimum atomic E-state index is -0.875. The van der Waals surface area contributed by atoms with Gasteiger partial charge in [-0.2, -0.15) is 4.98 Å². The number of nitrogens with one attached hydrogen (secondary N) is 1.